The molecule has 3 aromatic rings. The van der Waals surface area contributed by atoms with Crippen LogP contribution in [-0.4, -0.2) is 58.3 Å². The molecule has 9 heteroatoms. The number of likely N-dealkylation sites (tertiary alicyclic amines) is 1. The molecule has 2 heterocycles. The maximum atomic E-state index is 14.4. The number of hydrogen-bond donors (Lipinski definition) is 3. The molecule has 7 nitrogen and oxygen atoms in total. The first-order valence-electron chi connectivity index (χ1n) is 13.0. The van der Waals surface area contributed by atoms with Crippen molar-refractivity contribution >= 4 is 17.6 Å². The Hall–Kier alpha value is -4.03. The SMILES string of the molecule is CCN(CC)CCNc1cc(-c2cnc(/C=C\C(=N)N3CCCC3c3cc(F)ccc3F)[nH]2)ccc1C#N. The summed E-state index contributed by atoms with van der Waals surface area (Å²) in [5, 5.41) is 21.4. The number of nitrogens with zero attached hydrogens (tertiary/aromatic N) is 4. The standard InChI is InChI=1S/C29H33F2N7/c1-3-37(4-2)15-13-34-25-16-20(7-8-21(25)18-32)26-19-35-29(36-26)12-11-28(33)38-14-5-6-27(38)23-17-22(30)9-10-24(23)31/h7-12,16-17,19,27,33-34H,3-6,13-15H2,1-2H3,(H,35,36)/b12-11-,33-28?. The van der Waals surface area contributed by atoms with E-state index in [1.807, 2.05) is 12.1 Å². The Labute approximate surface area is 222 Å². The van der Waals surface area contributed by atoms with Crippen molar-refractivity contribution in [3.8, 4) is 17.3 Å². The summed E-state index contributed by atoms with van der Waals surface area (Å²) in [6.45, 7) is 8.43. The number of halogens is 2. The van der Waals surface area contributed by atoms with E-state index in [0.29, 0.717) is 24.4 Å². The second-order valence-electron chi connectivity index (χ2n) is 9.24. The highest BCUT2D eigenvalue weighted by molar-refractivity contribution is 5.94. The molecule has 0 radical (unpaired) electrons. The van der Waals surface area contributed by atoms with Gasteiger partial charge in [-0.15, -0.1) is 0 Å². The van der Waals surface area contributed by atoms with Crippen LogP contribution >= 0.6 is 0 Å². The number of aromatic amines is 1. The minimum atomic E-state index is -0.483. The van der Waals surface area contributed by atoms with E-state index in [1.165, 1.54) is 6.07 Å². The van der Waals surface area contributed by atoms with Crippen LogP contribution in [0.3, 0.4) is 0 Å². The summed E-state index contributed by atoms with van der Waals surface area (Å²) in [5.74, 6) is -0.159. The zero-order valence-electron chi connectivity index (χ0n) is 21.8. The number of rotatable bonds is 10. The highest BCUT2D eigenvalue weighted by Gasteiger charge is 2.29. The number of benzene rings is 2. The molecule has 2 aromatic carbocycles. The van der Waals surface area contributed by atoms with E-state index in [0.717, 1.165) is 61.7 Å². The van der Waals surface area contributed by atoms with Gasteiger partial charge in [0.1, 0.15) is 29.4 Å². The molecule has 1 aliphatic rings. The predicted octanol–water partition coefficient (Wildman–Crippen LogP) is 5.81. The van der Waals surface area contributed by atoms with Crippen LogP contribution in [0.1, 0.15) is 49.7 Å². The van der Waals surface area contributed by atoms with E-state index in [-0.39, 0.29) is 17.4 Å². The lowest BCUT2D eigenvalue weighted by molar-refractivity contribution is 0.316. The lowest BCUT2D eigenvalue weighted by atomic mass is 10.0. The molecular weight excluding hydrogens is 484 g/mol. The van der Waals surface area contributed by atoms with Crippen LogP contribution in [0.25, 0.3) is 17.3 Å². The van der Waals surface area contributed by atoms with E-state index in [9.17, 15) is 14.0 Å². The predicted molar refractivity (Wildman–Crippen MR) is 147 cm³/mol. The molecule has 4 rings (SSSR count). The molecule has 198 valence electrons. The number of nitrogens with one attached hydrogen (secondary N) is 3. The van der Waals surface area contributed by atoms with E-state index in [4.69, 9.17) is 5.41 Å². The van der Waals surface area contributed by atoms with Crippen molar-refractivity contribution in [1.29, 1.82) is 10.7 Å². The van der Waals surface area contributed by atoms with E-state index in [2.05, 4.69) is 40.1 Å². The first-order valence-corrected chi connectivity index (χ1v) is 13.0. The van der Waals surface area contributed by atoms with Crippen molar-refractivity contribution in [2.75, 3.05) is 38.0 Å². The third kappa shape index (κ3) is 6.26. The second kappa shape index (κ2) is 12.5. The summed E-state index contributed by atoms with van der Waals surface area (Å²) in [6, 6.07) is 10.9. The van der Waals surface area contributed by atoms with Gasteiger partial charge in [0.05, 0.1) is 29.2 Å². The molecule has 0 aliphatic carbocycles. The van der Waals surface area contributed by atoms with Crippen molar-refractivity contribution in [3.05, 3.63) is 77.3 Å². The fourth-order valence-electron chi connectivity index (χ4n) is 4.81. The largest absolute Gasteiger partial charge is 0.383 e. The molecule has 1 atom stereocenters. The van der Waals surface area contributed by atoms with Crippen LogP contribution in [0.15, 0.2) is 48.7 Å². The molecule has 38 heavy (non-hydrogen) atoms. The quantitative estimate of drug-likeness (QED) is 0.233. The van der Waals surface area contributed by atoms with Gasteiger partial charge in [-0.25, -0.2) is 13.8 Å². The van der Waals surface area contributed by atoms with Crippen molar-refractivity contribution in [3.63, 3.8) is 0 Å². The van der Waals surface area contributed by atoms with Gasteiger partial charge in [-0.2, -0.15) is 5.26 Å². The monoisotopic (exact) mass is 517 g/mol. The van der Waals surface area contributed by atoms with Gasteiger partial charge in [-0.3, -0.25) is 5.41 Å². The summed E-state index contributed by atoms with van der Waals surface area (Å²) >= 11 is 0. The number of likely N-dealkylation sites (N-methyl/N-ethyl adjacent to an activating group) is 1. The molecule has 1 fully saturated rings. The van der Waals surface area contributed by atoms with Crippen molar-refractivity contribution < 1.29 is 8.78 Å². The number of nitriles is 1. The number of amidine groups is 1. The first kappa shape index (κ1) is 27.0. The molecule has 0 saturated carbocycles. The third-order valence-corrected chi connectivity index (χ3v) is 6.96. The number of anilines is 1. The summed E-state index contributed by atoms with van der Waals surface area (Å²) < 4.78 is 28.1. The molecule has 1 aromatic heterocycles. The summed E-state index contributed by atoms with van der Waals surface area (Å²) in [4.78, 5) is 11.8. The Balaban J connectivity index is 1.45. The molecule has 0 amide bonds. The molecule has 1 unspecified atom stereocenters. The van der Waals surface area contributed by atoms with Crippen LogP contribution in [-0.2, 0) is 0 Å². The molecule has 0 bridgehead atoms. The third-order valence-electron chi connectivity index (χ3n) is 6.96. The maximum absolute atomic E-state index is 14.4. The number of hydrogen-bond acceptors (Lipinski definition) is 5. The topological polar surface area (TPSA) is 94.8 Å². The number of imidazole rings is 1. The van der Waals surface area contributed by atoms with Crippen LogP contribution in [0.2, 0.25) is 0 Å². The highest BCUT2D eigenvalue weighted by Crippen LogP contribution is 2.34. The average Bonchev–Trinajstić information content (AvgIpc) is 3.61. The average molecular weight is 518 g/mol. The summed E-state index contributed by atoms with van der Waals surface area (Å²) in [7, 11) is 0. The van der Waals surface area contributed by atoms with Gasteiger partial charge < -0.3 is 20.1 Å². The van der Waals surface area contributed by atoms with Crippen LogP contribution in [0.4, 0.5) is 14.5 Å². The summed E-state index contributed by atoms with van der Waals surface area (Å²) in [5.41, 5.74) is 3.31. The smallest absolute Gasteiger partial charge is 0.130 e. The zero-order valence-corrected chi connectivity index (χ0v) is 21.8. The number of aromatic nitrogens is 2. The van der Waals surface area contributed by atoms with Crippen molar-refractivity contribution in [1.82, 2.24) is 19.8 Å². The van der Waals surface area contributed by atoms with Crippen LogP contribution in [0, 0.1) is 28.4 Å². The molecule has 1 saturated heterocycles. The van der Waals surface area contributed by atoms with Gasteiger partial charge in [0, 0.05) is 30.8 Å². The molecule has 3 N–H and O–H groups in total. The minimum absolute atomic E-state index is 0.215. The van der Waals surface area contributed by atoms with E-state index >= 15 is 0 Å². The van der Waals surface area contributed by atoms with Crippen molar-refractivity contribution in [2.45, 2.75) is 32.7 Å². The van der Waals surface area contributed by atoms with Gasteiger partial charge in [-0.05, 0) is 68.4 Å². The summed E-state index contributed by atoms with van der Waals surface area (Å²) in [6.07, 6.45) is 6.50. The second-order valence-corrected chi connectivity index (χ2v) is 9.24. The highest BCUT2D eigenvalue weighted by atomic mass is 19.1. The first-order chi connectivity index (χ1) is 18.4. The lowest BCUT2D eigenvalue weighted by Gasteiger charge is -2.26. The van der Waals surface area contributed by atoms with Crippen LogP contribution in [0.5, 0.6) is 0 Å². The van der Waals surface area contributed by atoms with Crippen molar-refractivity contribution in [2.24, 2.45) is 0 Å². The minimum Gasteiger partial charge on any atom is -0.383 e. The Morgan fingerprint density at radius 1 is 1.26 bits per heavy atom. The van der Waals surface area contributed by atoms with Gasteiger partial charge in [-0.1, -0.05) is 19.9 Å². The molecular formula is C29H33F2N7. The fourth-order valence-corrected chi connectivity index (χ4v) is 4.81. The molecule has 1 aliphatic heterocycles. The molecule has 0 spiro atoms. The van der Waals surface area contributed by atoms with Gasteiger partial charge in [0.2, 0.25) is 0 Å². The normalized spacial score (nSPS) is 15.4. The van der Waals surface area contributed by atoms with Crippen LogP contribution < -0.4 is 5.32 Å². The Morgan fingerprint density at radius 3 is 2.84 bits per heavy atom. The van der Waals surface area contributed by atoms with E-state index in [1.54, 1.807) is 29.3 Å². The Kier molecular flexibility index (Phi) is 8.87. The Morgan fingerprint density at radius 2 is 2.08 bits per heavy atom. The lowest BCUT2D eigenvalue weighted by Crippen LogP contribution is -2.29. The Bertz CT molecular complexity index is 1340. The number of H-pyrrole nitrogens is 1. The van der Waals surface area contributed by atoms with E-state index < -0.39 is 11.6 Å². The van der Waals surface area contributed by atoms with Gasteiger partial charge in [0.15, 0.2) is 0 Å². The van der Waals surface area contributed by atoms with Gasteiger partial charge >= 0.3 is 0 Å². The zero-order chi connectivity index (χ0) is 27.1. The van der Waals surface area contributed by atoms with Gasteiger partial charge in [0.25, 0.3) is 0 Å². The maximum Gasteiger partial charge on any atom is 0.130 e. The fraction of sp³-hybridized carbons (Fsp3) is 0.345.